The van der Waals surface area contributed by atoms with E-state index in [0.717, 1.165) is 44.5 Å². The Balaban J connectivity index is 1.90. The van der Waals surface area contributed by atoms with Gasteiger partial charge in [-0.3, -0.25) is 9.89 Å². The summed E-state index contributed by atoms with van der Waals surface area (Å²) in [5.41, 5.74) is 1.13. The Morgan fingerprint density at radius 1 is 1.45 bits per heavy atom. The molecule has 0 aliphatic carbocycles. The number of aromatic nitrogens is 2. The van der Waals surface area contributed by atoms with Gasteiger partial charge in [0.25, 0.3) is 5.91 Å². The summed E-state index contributed by atoms with van der Waals surface area (Å²) in [5, 5.41) is 6.72. The molecule has 1 aliphatic heterocycles. The summed E-state index contributed by atoms with van der Waals surface area (Å²) in [6.45, 7) is 5.17. The van der Waals surface area contributed by atoms with Crippen LogP contribution in [-0.2, 0) is 16.0 Å². The molecule has 2 rings (SSSR count). The quantitative estimate of drug-likeness (QED) is 0.829. The van der Waals surface area contributed by atoms with Crippen molar-refractivity contribution >= 4 is 11.9 Å². The van der Waals surface area contributed by atoms with Crippen LogP contribution in [0.15, 0.2) is 6.07 Å². The summed E-state index contributed by atoms with van der Waals surface area (Å²) in [5.74, 6) is -0.677. The first-order chi connectivity index (χ1) is 9.61. The number of carbonyl (C=O) groups excluding carboxylic acids is 2. The molecule has 1 unspecified atom stereocenters. The first-order valence-corrected chi connectivity index (χ1v) is 7.16. The van der Waals surface area contributed by atoms with E-state index in [2.05, 4.69) is 17.1 Å². The fourth-order valence-electron chi connectivity index (χ4n) is 2.33. The van der Waals surface area contributed by atoms with Crippen LogP contribution >= 0.6 is 0 Å². The summed E-state index contributed by atoms with van der Waals surface area (Å²) in [4.78, 5) is 25.7. The molecule has 2 heterocycles. The number of carbonyl (C=O) groups is 2. The average molecular weight is 279 g/mol. The van der Waals surface area contributed by atoms with Crippen molar-refractivity contribution in [1.82, 2.24) is 15.1 Å². The van der Waals surface area contributed by atoms with Gasteiger partial charge in [-0.15, -0.1) is 0 Å². The first kappa shape index (κ1) is 14.6. The van der Waals surface area contributed by atoms with Gasteiger partial charge in [0.2, 0.25) is 0 Å². The molecular formula is C14H21N3O3. The smallest absolute Gasteiger partial charge is 0.359 e. The van der Waals surface area contributed by atoms with E-state index in [9.17, 15) is 9.59 Å². The van der Waals surface area contributed by atoms with E-state index in [4.69, 9.17) is 4.74 Å². The average Bonchev–Trinajstić information content (AvgIpc) is 3.09. The lowest BCUT2D eigenvalue weighted by molar-refractivity contribution is -0.138. The summed E-state index contributed by atoms with van der Waals surface area (Å²) < 4.78 is 5.19. The predicted molar refractivity (Wildman–Crippen MR) is 73.3 cm³/mol. The molecule has 1 saturated heterocycles. The number of rotatable bonds is 5. The fraction of sp³-hybridized carbons (Fsp3) is 0.643. The number of nitrogens with zero attached hydrogens (tertiary/aromatic N) is 2. The lowest BCUT2D eigenvalue weighted by Crippen LogP contribution is -2.38. The molecule has 6 heteroatoms. The Hall–Kier alpha value is -1.85. The standard InChI is InChI=1S/C14H21N3O3/c1-3-6-11-9-12(16-15-11)14(19)20-10(2)13(18)17-7-4-5-8-17/h9-10H,3-8H2,1-2H3,(H,15,16). The van der Waals surface area contributed by atoms with E-state index in [-0.39, 0.29) is 11.6 Å². The second-order valence-electron chi connectivity index (χ2n) is 5.11. The normalized spacial score (nSPS) is 16.2. The predicted octanol–water partition coefficient (Wildman–Crippen LogP) is 1.53. The number of aromatic amines is 1. The maximum absolute atomic E-state index is 12.0. The van der Waals surface area contributed by atoms with Crippen LogP contribution in [0.1, 0.15) is 49.3 Å². The van der Waals surface area contributed by atoms with Gasteiger partial charge in [-0.2, -0.15) is 5.10 Å². The Bertz CT molecular complexity index is 478. The van der Waals surface area contributed by atoms with E-state index in [1.807, 2.05) is 0 Å². The molecule has 0 aromatic carbocycles. The van der Waals surface area contributed by atoms with Crippen molar-refractivity contribution in [2.75, 3.05) is 13.1 Å². The number of likely N-dealkylation sites (tertiary alicyclic amines) is 1. The molecule has 0 radical (unpaired) electrons. The lowest BCUT2D eigenvalue weighted by atomic mass is 10.2. The topological polar surface area (TPSA) is 75.3 Å². The zero-order valence-corrected chi connectivity index (χ0v) is 12.0. The number of H-pyrrole nitrogens is 1. The van der Waals surface area contributed by atoms with Crippen LogP contribution in [0.3, 0.4) is 0 Å². The van der Waals surface area contributed by atoms with Gasteiger partial charge >= 0.3 is 5.97 Å². The van der Waals surface area contributed by atoms with Crippen LogP contribution in [0.4, 0.5) is 0 Å². The van der Waals surface area contributed by atoms with E-state index in [0.29, 0.717) is 0 Å². The zero-order chi connectivity index (χ0) is 14.5. The van der Waals surface area contributed by atoms with Gasteiger partial charge in [0, 0.05) is 18.8 Å². The number of ether oxygens (including phenoxy) is 1. The van der Waals surface area contributed by atoms with E-state index in [1.165, 1.54) is 0 Å². The van der Waals surface area contributed by atoms with Crippen LogP contribution in [0.25, 0.3) is 0 Å². The van der Waals surface area contributed by atoms with Gasteiger partial charge in [0.15, 0.2) is 11.8 Å². The van der Waals surface area contributed by atoms with Crippen LogP contribution in [0, 0.1) is 0 Å². The minimum Gasteiger partial charge on any atom is -0.448 e. The highest BCUT2D eigenvalue weighted by Gasteiger charge is 2.26. The Morgan fingerprint density at radius 3 is 2.80 bits per heavy atom. The highest BCUT2D eigenvalue weighted by atomic mass is 16.5. The van der Waals surface area contributed by atoms with Gasteiger partial charge in [0.05, 0.1) is 0 Å². The number of amides is 1. The molecular weight excluding hydrogens is 258 g/mol. The molecule has 0 spiro atoms. The van der Waals surface area contributed by atoms with Gasteiger partial charge in [0.1, 0.15) is 0 Å². The number of aryl methyl sites for hydroxylation is 1. The molecule has 1 aromatic rings. The summed E-state index contributed by atoms with van der Waals surface area (Å²) in [6.07, 6.45) is 3.09. The largest absolute Gasteiger partial charge is 0.448 e. The van der Waals surface area contributed by atoms with Crippen molar-refractivity contribution in [2.24, 2.45) is 0 Å². The van der Waals surface area contributed by atoms with Crippen LogP contribution in [0.5, 0.6) is 0 Å². The maximum atomic E-state index is 12.0. The van der Waals surface area contributed by atoms with E-state index < -0.39 is 12.1 Å². The van der Waals surface area contributed by atoms with Gasteiger partial charge in [-0.1, -0.05) is 13.3 Å². The van der Waals surface area contributed by atoms with Gasteiger partial charge < -0.3 is 9.64 Å². The number of hydrogen-bond acceptors (Lipinski definition) is 4. The molecule has 1 N–H and O–H groups in total. The summed E-state index contributed by atoms with van der Waals surface area (Å²) in [6, 6.07) is 1.68. The van der Waals surface area contributed by atoms with Crippen molar-refractivity contribution in [3.05, 3.63) is 17.5 Å². The third kappa shape index (κ3) is 3.37. The van der Waals surface area contributed by atoms with Crippen LogP contribution < -0.4 is 0 Å². The van der Waals surface area contributed by atoms with Gasteiger partial charge in [-0.25, -0.2) is 4.79 Å². The number of hydrogen-bond donors (Lipinski definition) is 1. The minimum absolute atomic E-state index is 0.125. The molecule has 20 heavy (non-hydrogen) atoms. The molecule has 6 nitrogen and oxygen atoms in total. The van der Waals surface area contributed by atoms with Gasteiger partial charge in [-0.05, 0) is 32.3 Å². The molecule has 1 aliphatic rings. The Morgan fingerprint density at radius 2 is 2.15 bits per heavy atom. The molecule has 1 aromatic heterocycles. The molecule has 1 atom stereocenters. The number of nitrogens with one attached hydrogen (secondary N) is 1. The van der Waals surface area contributed by atoms with Crippen LogP contribution in [0.2, 0.25) is 0 Å². The van der Waals surface area contributed by atoms with Crippen LogP contribution in [-0.4, -0.2) is 46.2 Å². The Kier molecular flexibility index (Phi) is 4.76. The first-order valence-electron chi connectivity index (χ1n) is 7.16. The molecule has 110 valence electrons. The summed E-state index contributed by atoms with van der Waals surface area (Å²) >= 11 is 0. The van der Waals surface area contributed by atoms with E-state index in [1.54, 1.807) is 17.9 Å². The number of esters is 1. The van der Waals surface area contributed by atoms with Crippen molar-refractivity contribution in [3.63, 3.8) is 0 Å². The second kappa shape index (κ2) is 6.54. The fourth-order valence-corrected chi connectivity index (χ4v) is 2.33. The molecule has 0 bridgehead atoms. The third-order valence-electron chi connectivity index (χ3n) is 3.41. The minimum atomic E-state index is -0.757. The zero-order valence-electron chi connectivity index (χ0n) is 12.0. The van der Waals surface area contributed by atoms with Crippen molar-refractivity contribution in [3.8, 4) is 0 Å². The Labute approximate surface area is 118 Å². The highest BCUT2D eigenvalue weighted by Crippen LogP contribution is 2.12. The molecule has 1 fully saturated rings. The lowest BCUT2D eigenvalue weighted by Gasteiger charge is -2.19. The third-order valence-corrected chi connectivity index (χ3v) is 3.41. The maximum Gasteiger partial charge on any atom is 0.359 e. The van der Waals surface area contributed by atoms with Crippen molar-refractivity contribution in [2.45, 2.75) is 45.6 Å². The van der Waals surface area contributed by atoms with Crippen molar-refractivity contribution < 1.29 is 14.3 Å². The summed E-state index contributed by atoms with van der Waals surface area (Å²) in [7, 11) is 0. The highest BCUT2D eigenvalue weighted by molar-refractivity contribution is 5.90. The SMILES string of the molecule is CCCc1cc(C(=O)OC(C)C(=O)N2CCCC2)n[nH]1. The van der Waals surface area contributed by atoms with Crippen molar-refractivity contribution in [1.29, 1.82) is 0 Å². The second-order valence-corrected chi connectivity index (χ2v) is 5.11. The molecule has 1 amide bonds. The molecule has 0 saturated carbocycles. The van der Waals surface area contributed by atoms with E-state index >= 15 is 0 Å². The monoisotopic (exact) mass is 279 g/mol.